The highest BCUT2D eigenvalue weighted by Crippen LogP contribution is 2.32. The number of ether oxygens (including phenoxy) is 2. The molecule has 0 amide bonds. The molecule has 0 fully saturated rings. The molecule has 104 valence electrons. The predicted octanol–water partition coefficient (Wildman–Crippen LogP) is 1.99. The van der Waals surface area contributed by atoms with E-state index in [1.54, 1.807) is 13.1 Å². The first-order valence-corrected chi connectivity index (χ1v) is 6.58. The van der Waals surface area contributed by atoms with Crippen molar-refractivity contribution in [3.05, 3.63) is 51.0 Å². The van der Waals surface area contributed by atoms with Gasteiger partial charge in [-0.1, -0.05) is 0 Å². The van der Waals surface area contributed by atoms with Crippen molar-refractivity contribution in [2.45, 2.75) is 19.3 Å². The molecule has 3 rings (SSSR count). The summed E-state index contributed by atoms with van der Waals surface area (Å²) in [5.41, 5.74) is 0.657. The lowest BCUT2D eigenvalue weighted by Gasteiger charge is -2.20. The molecule has 20 heavy (non-hydrogen) atoms. The third-order valence-electron chi connectivity index (χ3n) is 2.77. The van der Waals surface area contributed by atoms with Crippen LogP contribution in [-0.4, -0.2) is 19.7 Å². The molecule has 1 aliphatic rings. The van der Waals surface area contributed by atoms with E-state index in [0.29, 0.717) is 12.2 Å². The molecule has 0 bridgehead atoms. The minimum absolute atomic E-state index is 0.180. The van der Waals surface area contributed by atoms with Crippen LogP contribution in [0.3, 0.4) is 0 Å². The molecule has 0 unspecified atom stereocenters. The number of hydrogen-bond acceptors (Lipinski definition) is 7. The first kappa shape index (κ1) is 12.6. The second kappa shape index (κ2) is 4.60. The summed E-state index contributed by atoms with van der Waals surface area (Å²) in [7, 11) is 0. The van der Waals surface area contributed by atoms with Crippen LogP contribution in [-0.2, 0) is 21.8 Å². The van der Waals surface area contributed by atoms with E-state index in [9.17, 15) is 10.1 Å². The largest absolute Gasteiger partial charge is 0.452 e. The molecular formula is C11H10N4O4S. The van der Waals surface area contributed by atoms with E-state index in [0.717, 1.165) is 5.01 Å². The van der Waals surface area contributed by atoms with E-state index in [4.69, 9.17) is 9.47 Å². The maximum Gasteiger partial charge on any atom is 0.389 e. The molecule has 0 atom stereocenters. The van der Waals surface area contributed by atoms with Gasteiger partial charge in [0.2, 0.25) is 0 Å². The minimum Gasteiger partial charge on any atom is -0.452 e. The molecule has 1 aliphatic heterocycles. The topological polar surface area (TPSA) is 92.3 Å². The van der Waals surface area contributed by atoms with E-state index in [-0.39, 0.29) is 5.82 Å². The van der Waals surface area contributed by atoms with Gasteiger partial charge in [0.1, 0.15) is 29.8 Å². The Labute approximate surface area is 117 Å². The monoisotopic (exact) mass is 294 g/mol. The van der Waals surface area contributed by atoms with Gasteiger partial charge < -0.3 is 19.6 Å². The van der Waals surface area contributed by atoms with Crippen molar-refractivity contribution >= 4 is 17.2 Å². The van der Waals surface area contributed by atoms with Crippen LogP contribution in [0.25, 0.3) is 0 Å². The number of thiazole rings is 1. The fourth-order valence-electron chi connectivity index (χ4n) is 1.73. The average Bonchev–Trinajstić information content (AvgIpc) is 3.10. The Morgan fingerprint density at radius 1 is 1.50 bits per heavy atom. The van der Waals surface area contributed by atoms with E-state index in [1.165, 1.54) is 34.6 Å². The molecule has 0 spiro atoms. The Kier molecular flexibility index (Phi) is 2.90. The summed E-state index contributed by atoms with van der Waals surface area (Å²) < 4.78 is 12.2. The van der Waals surface area contributed by atoms with Crippen LogP contribution in [0.5, 0.6) is 0 Å². The normalized spacial score (nSPS) is 15.8. The van der Waals surface area contributed by atoms with Crippen LogP contribution in [0, 0.1) is 10.1 Å². The van der Waals surface area contributed by atoms with Gasteiger partial charge in [-0.25, -0.2) is 4.98 Å². The lowest BCUT2D eigenvalue weighted by molar-refractivity contribution is -0.389. The lowest BCUT2D eigenvalue weighted by atomic mass is 10.2. The van der Waals surface area contributed by atoms with Gasteiger partial charge in [0, 0.05) is 12.3 Å². The molecule has 0 N–H and O–H groups in total. The van der Waals surface area contributed by atoms with E-state index < -0.39 is 10.7 Å². The molecular weight excluding hydrogens is 284 g/mol. The zero-order valence-electron chi connectivity index (χ0n) is 10.4. The van der Waals surface area contributed by atoms with Crippen molar-refractivity contribution in [1.29, 1.82) is 0 Å². The SMILES string of the molecule is CC1(c2csc(Cn3ccc([N+](=O)[O-])n3)n2)OC=CO1. The van der Waals surface area contributed by atoms with Crippen LogP contribution in [0.15, 0.2) is 30.2 Å². The molecule has 8 nitrogen and oxygen atoms in total. The van der Waals surface area contributed by atoms with Crippen LogP contribution >= 0.6 is 11.3 Å². The van der Waals surface area contributed by atoms with E-state index in [2.05, 4.69) is 10.1 Å². The molecule has 0 saturated heterocycles. The Morgan fingerprint density at radius 3 is 2.90 bits per heavy atom. The fraction of sp³-hybridized carbons (Fsp3) is 0.273. The standard InChI is InChI=1S/C11H10N4O4S/c1-11(18-4-5-19-11)8-7-20-10(12-8)6-14-3-2-9(13-14)15(16)17/h2-5,7H,6H2,1H3. The second-order valence-electron chi connectivity index (χ2n) is 4.21. The maximum absolute atomic E-state index is 10.6. The van der Waals surface area contributed by atoms with E-state index >= 15 is 0 Å². The van der Waals surface area contributed by atoms with E-state index in [1.807, 2.05) is 5.38 Å². The molecule has 0 aliphatic carbocycles. The van der Waals surface area contributed by atoms with Crippen molar-refractivity contribution in [2.75, 3.05) is 0 Å². The Balaban J connectivity index is 1.75. The van der Waals surface area contributed by atoms with Gasteiger partial charge in [-0.3, -0.25) is 0 Å². The molecule has 0 radical (unpaired) electrons. The summed E-state index contributed by atoms with van der Waals surface area (Å²) in [6.45, 7) is 2.13. The van der Waals surface area contributed by atoms with Gasteiger partial charge in [0.05, 0.1) is 17.4 Å². The van der Waals surface area contributed by atoms with Crippen LogP contribution in [0.4, 0.5) is 5.82 Å². The zero-order chi connectivity index (χ0) is 14.2. The molecule has 9 heteroatoms. The van der Waals surface area contributed by atoms with Gasteiger partial charge in [0.15, 0.2) is 0 Å². The number of aromatic nitrogens is 3. The first-order valence-electron chi connectivity index (χ1n) is 5.70. The van der Waals surface area contributed by atoms with Gasteiger partial charge in [-0.05, 0) is 4.92 Å². The predicted molar refractivity (Wildman–Crippen MR) is 68.8 cm³/mol. The highest BCUT2D eigenvalue weighted by molar-refractivity contribution is 7.09. The average molecular weight is 294 g/mol. The van der Waals surface area contributed by atoms with Crippen molar-refractivity contribution in [3.63, 3.8) is 0 Å². The van der Waals surface area contributed by atoms with Gasteiger partial charge in [-0.2, -0.15) is 4.68 Å². The van der Waals surface area contributed by atoms with Crippen molar-refractivity contribution in [3.8, 4) is 0 Å². The van der Waals surface area contributed by atoms with Gasteiger partial charge in [-0.15, -0.1) is 11.3 Å². The Morgan fingerprint density at radius 2 is 2.25 bits per heavy atom. The van der Waals surface area contributed by atoms with Crippen molar-refractivity contribution in [1.82, 2.24) is 14.8 Å². The van der Waals surface area contributed by atoms with Crippen LogP contribution in [0.1, 0.15) is 17.6 Å². The summed E-state index contributed by atoms with van der Waals surface area (Å²) in [6, 6.07) is 1.35. The second-order valence-corrected chi connectivity index (χ2v) is 5.15. The zero-order valence-corrected chi connectivity index (χ0v) is 11.2. The number of nitrogens with zero attached hydrogens (tertiary/aromatic N) is 4. The van der Waals surface area contributed by atoms with Crippen molar-refractivity contribution in [2.24, 2.45) is 0 Å². The van der Waals surface area contributed by atoms with Crippen LogP contribution < -0.4 is 0 Å². The smallest absolute Gasteiger partial charge is 0.389 e. The maximum atomic E-state index is 10.6. The summed E-state index contributed by atoms with van der Waals surface area (Å²) >= 11 is 1.42. The molecule has 2 aromatic heterocycles. The Hall–Kier alpha value is -2.42. The summed E-state index contributed by atoms with van der Waals surface area (Å²) in [5.74, 6) is -1.08. The highest BCUT2D eigenvalue weighted by atomic mass is 32.1. The summed E-state index contributed by atoms with van der Waals surface area (Å²) in [4.78, 5) is 14.4. The third kappa shape index (κ3) is 2.23. The minimum atomic E-state index is -0.898. The summed E-state index contributed by atoms with van der Waals surface area (Å²) in [5, 5.41) is 17.0. The fourth-order valence-corrected chi connectivity index (χ4v) is 2.60. The number of hydrogen-bond donors (Lipinski definition) is 0. The quantitative estimate of drug-likeness (QED) is 0.632. The highest BCUT2D eigenvalue weighted by Gasteiger charge is 2.34. The lowest BCUT2D eigenvalue weighted by Crippen LogP contribution is -2.22. The first-order chi connectivity index (χ1) is 9.57. The number of nitro groups is 1. The third-order valence-corrected chi connectivity index (χ3v) is 3.60. The Bertz CT molecular complexity index is 670. The molecule has 0 saturated carbocycles. The van der Waals surface area contributed by atoms with Gasteiger partial charge in [0.25, 0.3) is 5.79 Å². The molecule has 2 aromatic rings. The number of rotatable bonds is 4. The van der Waals surface area contributed by atoms with Crippen LogP contribution in [0.2, 0.25) is 0 Å². The van der Waals surface area contributed by atoms with Crippen molar-refractivity contribution < 1.29 is 14.4 Å². The molecule has 0 aromatic carbocycles. The molecule has 3 heterocycles. The summed E-state index contributed by atoms with van der Waals surface area (Å²) in [6.07, 6.45) is 4.48. The van der Waals surface area contributed by atoms with Gasteiger partial charge >= 0.3 is 5.82 Å².